The first kappa shape index (κ1) is 19.8. The molecule has 28 heavy (non-hydrogen) atoms. The smallest absolute Gasteiger partial charge is 0.339 e. The highest BCUT2D eigenvalue weighted by molar-refractivity contribution is 5.93. The minimum Gasteiger partial charge on any atom is -0.493 e. The normalized spacial score (nSPS) is 18.3. The number of nitrogens with zero attached hydrogens (tertiary/aromatic N) is 1. The lowest BCUT2D eigenvalue weighted by molar-refractivity contribution is -0.130. The number of ether oxygens (including phenoxy) is 4. The van der Waals surface area contributed by atoms with E-state index in [1.165, 1.54) is 26.2 Å². The number of carbonyl (C=O) groups excluding carboxylic acids is 2. The first-order valence-electron chi connectivity index (χ1n) is 9.40. The van der Waals surface area contributed by atoms with Crippen LogP contribution in [0.1, 0.15) is 49.4 Å². The molecule has 1 aromatic carbocycles. The molecule has 8 nitrogen and oxygen atoms in total. The summed E-state index contributed by atoms with van der Waals surface area (Å²) in [4.78, 5) is 25.0. The van der Waals surface area contributed by atoms with Crippen LogP contribution in [0, 0.1) is 11.3 Å². The second-order valence-electron chi connectivity index (χ2n) is 6.99. The molecule has 0 bridgehead atoms. The summed E-state index contributed by atoms with van der Waals surface area (Å²) < 4.78 is 21.6. The lowest BCUT2D eigenvalue weighted by Crippen LogP contribution is -2.52. The van der Waals surface area contributed by atoms with Gasteiger partial charge in [-0.2, -0.15) is 5.26 Å². The number of benzene rings is 1. The van der Waals surface area contributed by atoms with Gasteiger partial charge in [-0.3, -0.25) is 4.79 Å². The van der Waals surface area contributed by atoms with E-state index >= 15 is 0 Å². The number of hydrogen-bond donors (Lipinski definition) is 1. The number of methoxy groups -OCH3 is 1. The maximum Gasteiger partial charge on any atom is 0.339 e. The zero-order valence-electron chi connectivity index (χ0n) is 16.1. The predicted octanol–water partition coefficient (Wildman–Crippen LogP) is 2.35. The summed E-state index contributed by atoms with van der Waals surface area (Å²) in [5.74, 6) is 0.00502. The van der Waals surface area contributed by atoms with Gasteiger partial charge in [-0.05, 0) is 31.9 Å². The maximum absolute atomic E-state index is 12.5. The van der Waals surface area contributed by atoms with Gasteiger partial charge >= 0.3 is 5.97 Å². The van der Waals surface area contributed by atoms with Gasteiger partial charge in [0.25, 0.3) is 5.91 Å². The lowest BCUT2D eigenvalue weighted by atomic mass is 9.83. The van der Waals surface area contributed by atoms with Crippen molar-refractivity contribution in [2.75, 3.05) is 20.3 Å². The third kappa shape index (κ3) is 4.14. The molecule has 150 valence electrons. The van der Waals surface area contributed by atoms with Crippen LogP contribution < -0.4 is 19.5 Å². The average molecular weight is 388 g/mol. The number of nitriles is 1. The summed E-state index contributed by atoms with van der Waals surface area (Å²) in [6.07, 6.45) is 3.00. The number of fused-ring (bicyclic) bond motifs is 1. The van der Waals surface area contributed by atoms with E-state index in [1.54, 1.807) is 0 Å². The molecule has 1 aliphatic carbocycles. The van der Waals surface area contributed by atoms with E-state index in [1.807, 2.05) is 0 Å². The molecule has 0 radical (unpaired) electrons. The van der Waals surface area contributed by atoms with Crippen molar-refractivity contribution in [1.82, 2.24) is 5.32 Å². The molecule has 8 heteroatoms. The first-order valence-corrected chi connectivity index (χ1v) is 9.40. The van der Waals surface area contributed by atoms with E-state index in [4.69, 9.17) is 18.9 Å². The topological polar surface area (TPSA) is 107 Å². The molecule has 2 aliphatic rings. The highest BCUT2D eigenvalue weighted by Crippen LogP contribution is 2.40. The van der Waals surface area contributed by atoms with Gasteiger partial charge < -0.3 is 24.3 Å². The van der Waals surface area contributed by atoms with Gasteiger partial charge in [0.15, 0.2) is 17.6 Å². The second-order valence-corrected chi connectivity index (χ2v) is 6.99. The number of rotatable bonds is 5. The predicted molar refractivity (Wildman–Crippen MR) is 98.4 cm³/mol. The minimum absolute atomic E-state index is 0.188. The van der Waals surface area contributed by atoms with Gasteiger partial charge in [-0.15, -0.1) is 0 Å². The quantitative estimate of drug-likeness (QED) is 0.772. The van der Waals surface area contributed by atoms with Gasteiger partial charge in [0.05, 0.1) is 18.7 Å². The highest BCUT2D eigenvalue weighted by Gasteiger charge is 2.35. The molecular formula is C20H24N2O6. The average Bonchev–Trinajstić information content (AvgIpc) is 2.73. The van der Waals surface area contributed by atoms with E-state index in [0.717, 1.165) is 19.3 Å². The van der Waals surface area contributed by atoms with Crippen molar-refractivity contribution >= 4 is 11.9 Å². The number of amides is 1. The van der Waals surface area contributed by atoms with Crippen molar-refractivity contribution in [2.24, 2.45) is 0 Å². The zero-order chi connectivity index (χ0) is 20.1. The van der Waals surface area contributed by atoms with E-state index in [0.29, 0.717) is 43.3 Å². The van der Waals surface area contributed by atoms with E-state index in [9.17, 15) is 14.9 Å². The Balaban J connectivity index is 1.68. The van der Waals surface area contributed by atoms with Crippen LogP contribution in [0.5, 0.6) is 17.2 Å². The lowest BCUT2D eigenvalue weighted by Gasteiger charge is -2.32. The van der Waals surface area contributed by atoms with Crippen molar-refractivity contribution < 1.29 is 28.5 Å². The molecule has 1 fully saturated rings. The molecule has 0 aromatic heterocycles. The molecule has 1 saturated carbocycles. The summed E-state index contributed by atoms with van der Waals surface area (Å²) in [5.41, 5.74) is -0.690. The Labute approximate surface area is 163 Å². The molecule has 0 saturated heterocycles. The Morgan fingerprint density at radius 1 is 1.21 bits per heavy atom. The van der Waals surface area contributed by atoms with Crippen molar-refractivity contribution in [3.8, 4) is 23.3 Å². The third-order valence-electron chi connectivity index (χ3n) is 5.00. The fourth-order valence-electron chi connectivity index (χ4n) is 3.43. The first-order chi connectivity index (χ1) is 13.5. The van der Waals surface area contributed by atoms with Gasteiger partial charge in [0, 0.05) is 0 Å². The van der Waals surface area contributed by atoms with Gasteiger partial charge in [0.1, 0.15) is 18.8 Å². The van der Waals surface area contributed by atoms with Crippen LogP contribution >= 0.6 is 0 Å². The van der Waals surface area contributed by atoms with E-state index in [2.05, 4.69) is 11.4 Å². The molecule has 0 unspecified atom stereocenters. The Kier molecular flexibility index (Phi) is 5.93. The summed E-state index contributed by atoms with van der Waals surface area (Å²) in [6.45, 7) is 2.24. The van der Waals surface area contributed by atoms with Crippen molar-refractivity contribution in [2.45, 2.75) is 50.7 Å². The molecule has 1 amide bonds. The molecule has 1 aromatic rings. The standard InChI is InChI=1S/C20H24N2O6/c1-13(18(23)22-20(12-21)6-4-3-5-7-20)28-19(24)14-10-15(25-2)17-16(11-14)26-8-9-27-17/h10-11,13H,3-9H2,1-2H3,(H,22,23)/t13-/m0/s1. The Bertz CT molecular complexity index is 777. The van der Waals surface area contributed by atoms with Crippen LogP contribution in [0.3, 0.4) is 0 Å². The second kappa shape index (κ2) is 8.38. The Morgan fingerprint density at radius 2 is 1.93 bits per heavy atom. The van der Waals surface area contributed by atoms with Crippen molar-refractivity contribution in [3.63, 3.8) is 0 Å². The molecule has 0 spiro atoms. The minimum atomic E-state index is -1.04. The van der Waals surface area contributed by atoms with Crippen molar-refractivity contribution in [1.29, 1.82) is 5.26 Å². The van der Waals surface area contributed by atoms with Gasteiger partial charge in [0.2, 0.25) is 5.75 Å². The zero-order valence-corrected chi connectivity index (χ0v) is 16.1. The van der Waals surface area contributed by atoms with E-state index < -0.39 is 23.5 Å². The summed E-state index contributed by atoms with van der Waals surface area (Å²) >= 11 is 0. The van der Waals surface area contributed by atoms with Crippen molar-refractivity contribution in [3.05, 3.63) is 17.7 Å². The van der Waals surface area contributed by atoms with Gasteiger partial charge in [-0.25, -0.2) is 4.79 Å². The molecule has 3 rings (SSSR count). The SMILES string of the molecule is COc1cc(C(=O)O[C@@H](C)C(=O)NC2(C#N)CCCCC2)cc2c1OCCO2. The summed E-state index contributed by atoms with van der Waals surface area (Å²) in [5, 5.41) is 12.3. The van der Waals surface area contributed by atoms with Crippen LogP contribution in [0.4, 0.5) is 0 Å². The highest BCUT2D eigenvalue weighted by atomic mass is 16.6. The number of hydrogen-bond acceptors (Lipinski definition) is 7. The van der Waals surface area contributed by atoms with Crippen LogP contribution in [-0.2, 0) is 9.53 Å². The Hall–Kier alpha value is -2.95. The number of nitrogens with one attached hydrogen (secondary N) is 1. The van der Waals surface area contributed by atoms with Crippen LogP contribution in [0.25, 0.3) is 0 Å². The number of carbonyl (C=O) groups is 2. The largest absolute Gasteiger partial charge is 0.493 e. The monoisotopic (exact) mass is 388 g/mol. The molecule has 1 N–H and O–H groups in total. The molecule has 1 atom stereocenters. The third-order valence-corrected chi connectivity index (χ3v) is 5.00. The van der Waals surface area contributed by atoms with Crippen LogP contribution in [0.2, 0.25) is 0 Å². The van der Waals surface area contributed by atoms with Crippen LogP contribution in [0.15, 0.2) is 12.1 Å². The summed E-state index contributed by atoms with van der Waals surface area (Å²) in [7, 11) is 1.46. The number of esters is 1. The summed E-state index contributed by atoms with van der Waals surface area (Å²) in [6, 6.07) is 5.20. The fourth-order valence-corrected chi connectivity index (χ4v) is 3.43. The van der Waals surface area contributed by atoms with Gasteiger partial charge in [-0.1, -0.05) is 19.3 Å². The molecular weight excluding hydrogens is 364 g/mol. The van der Waals surface area contributed by atoms with E-state index in [-0.39, 0.29) is 5.56 Å². The van der Waals surface area contributed by atoms with Crippen LogP contribution in [-0.4, -0.2) is 43.8 Å². The molecule has 1 heterocycles. The maximum atomic E-state index is 12.5. The fraction of sp³-hybridized carbons (Fsp3) is 0.550. The Morgan fingerprint density at radius 3 is 2.61 bits per heavy atom. The molecule has 1 aliphatic heterocycles.